The second-order valence-corrected chi connectivity index (χ2v) is 3.89. The summed E-state index contributed by atoms with van der Waals surface area (Å²) in [7, 11) is 0. The quantitative estimate of drug-likeness (QED) is 0.679. The van der Waals surface area contributed by atoms with Crippen LogP contribution >= 0.6 is 11.6 Å². The van der Waals surface area contributed by atoms with Crippen LogP contribution in [0.1, 0.15) is 0 Å². The van der Waals surface area contributed by atoms with Crippen molar-refractivity contribution in [3.05, 3.63) is 23.8 Å². The van der Waals surface area contributed by atoms with Crippen molar-refractivity contribution in [2.45, 2.75) is 0 Å². The van der Waals surface area contributed by atoms with E-state index in [0.717, 1.165) is 12.1 Å². The molecular weight excluding hydrogens is 275 g/mol. The van der Waals surface area contributed by atoms with Crippen molar-refractivity contribution in [3.63, 3.8) is 0 Å². The van der Waals surface area contributed by atoms with Crippen molar-refractivity contribution in [2.24, 2.45) is 0 Å². The number of benzene rings is 1. The van der Waals surface area contributed by atoms with Crippen LogP contribution in [0.15, 0.2) is 12.1 Å². The van der Waals surface area contributed by atoms with Crippen LogP contribution in [-0.4, -0.2) is 18.6 Å². The number of ether oxygens (including phenoxy) is 1. The monoisotopic (exact) mass is 282 g/mol. The SMILES string of the molecule is O=C(Nc1ccc(F)[c]([Ti])c1F)OCCCl. The summed E-state index contributed by atoms with van der Waals surface area (Å²) in [6, 6.07) is 2.19. The summed E-state index contributed by atoms with van der Waals surface area (Å²) in [5.74, 6) is -1.33. The molecule has 0 unspecified atom stereocenters. The van der Waals surface area contributed by atoms with Gasteiger partial charge in [0.15, 0.2) is 0 Å². The summed E-state index contributed by atoms with van der Waals surface area (Å²) in [6.07, 6.45) is -0.828. The topological polar surface area (TPSA) is 38.3 Å². The Kier molecular flexibility index (Phi) is 5.18. The van der Waals surface area contributed by atoms with Crippen molar-refractivity contribution in [2.75, 3.05) is 17.8 Å². The van der Waals surface area contributed by atoms with Crippen molar-refractivity contribution >= 4 is 27.2 Å². The molecule has 1 amide bonds. The van der Waals surface area contributed by atoms with Gasteiger partial charge in [-0.25, -0.2) is 0 Å². The van der Waals surface area contributed by atoms with E-state index in [1.165, 1.54) is 20.4 Å². The van der Waals surface area contributed by atoms with Crippen molar-refractivity contribution in [3.8, 4) is 0 Å². The first-order chi connectivity index (χ1) is 7.56. The Morgan fingerprint density at radius 3 is 2.81 bits per heavy atom. The molecule has 1 rings (SSSR count). The Balaban J connectivity index is 2.74. The molecule has 0 aromatic heterocycles. The Bertz CT molecular complexity index is 403. The van der Waals surface area contributed by atoms with Crippen LogP contribution in [0.25, 0.3) is 0 Å². The third-order valence-corrected chi connectivity index (χ3v) is 2.51. The van der Waals surface area contributed by atoms with Gasteiger partial charge in [-0.05, 0) is 0 Å². The Morgan fingerprint density at radius 2 is 2.19 bits per heavy atom. The van der Waals surface area contributed by atoms with Gasteiger partial charge in [-0.1, -0.05) is 0 Å². The molecule has 3 nitrogen and oxygen atoms in total. The molecule has 0 saturated heterocycles. The molecule has 0 atom stereocenters. The van der Waals surface area contributed by atoms with E-state index in [4.69, 9.17) is 11.6 Å². The van der Waals surface area contributed by atoms with Gasteiger partial charge < -0.3 is 0 Å². The van der Waals surface area contributed by atoms with Crippen molar-refractivity contribution < 1.29 is 38.7 Å². The predicted molar refractivity (Wildman–Crippen MR) is 51.7 cm³/mol. The third-order valence-electron chi connectivity index (χ3n) is 1.64. The Labute approximate surface area is 108 Å². The van der Waals surface area contributed by atoms with Gasteiger partial charge in [0.1, 0.15) is 0 Å². The maximum absolute atomic E-state index is 13.4. The first kappa shape index (κ1) is 13.4. The molecule has 1 aromatic carbocycles. The van der Waals surface area contributed by atoms with Gasteiger partial charge >= 0.3 is 108 Å². The number of halogens is 3. The fraction of sp³-hybridized carbons (Fsp3) is 0.222. The van der Waals surface area contributed by atoms with Gasteiger partial charge in [-0.15, -0.1) is 0 Å². The van der Waals surface area contributed by atoms with E-state index in [9.17, 15) is 13.6 Å². The van der Waals surface area contributed by atoms with E-state index in [-0.39, 0.29) is 22.0 Å². The average molecular weight is 282 g/mol. The molecule has 0 spiro atoms. The number of hydrogen-bond acceptors (Lipinski definition) is 2. The number of amides is 1. The standard InChI is InChI=1S/C9H7ClF2NO2.Ti/c10-3-4-15-9(14)13-8-2-1-6(11)5-7(8)12;/h1-2H,3-4H2,(H,13,14);. The van der Waals surface area contributed by atoms with Crippen LogP contribution in [0.4, 0.5) is 19.3 Å². The zero-order valence-electron chi connectivity index (χ0n) is 8.02. The number of rotatable bonds is 3. The van der Waals surface area contributed by atoms with E-state index >= 15 is 0 Å². The van der Waals surface area contributed by atoms with Crippen LogP contribution in [-0.2, 0) is 25.2 Å². The molecule has 1 N–H and O–H groups in total. The number of carbonyl (C=O) groups is 1. The number of anilines is 1. The fourth-order valence-corrected chi connectivity index (χ4v) is 1.34. The first-order valence-electron chi connectivity index (χ1n) is 4.25. The summed E-state index contributed by atoms with van der Waals surface area (Å²) in [6.45, 7) is 0.0230. The van der Waals surface area contributed by atoms with E-state index in [1.807, 2.05) is 0 Å². The number of carbonyl (C=O) groups excluding carboxylic acids is 1. The summed E-state index contributed by atoms with van der Waals surface area (Å²) in [4.78, 5) is 11.1. The van der Waals surface area contributed by atoms with Crippen LogP contribution in [0.2, 0.25) is 0 Å². The molecule has 1 aromatic rings. The number of alkyl halides is 1. The molecule has 0 aliphatic carbocycles. The summed E-state index contributed by atoms with van der Waals surface area (Å²) in [5, 5.41) is 2.15. The molecule has 0 bridgehead atoms. The molecule has 0 heterocycles. The van der Waals surface area contributed by atoms with Crippen LogP contribution in [0.3, 0.4) is 0 Å². The van der Waals surface area contributed by atoms with E-state index in [2.05, 4.69) is 10.1 Å². The van der Waals surface area contributed by atoms with E-state index < -0.39 is 17.7 Å². The third kappa shape index (κ3) is 3.44. The zero-order chi connectivity index (χ0) is 12.1. The second-order valence-electron chi connectivity index (χ2n) is 2.73. The van der Waals surface area contributed by atoms with Gasteiger partial charge in [0.05, 0.1) is 0 Å². The first-order valence-corrected chi connectivity index (χ1v) is 5.57. The summed E-state index contributed by atoms with van der Waals surface area (Å²) >= 11 is 6.57. The molecule has 16 heavy (non-hydrogen) atoms. The van der Waals surface area contributed by atoms with E-state index in [0.29, 0.717) is 0 Å². The molecule has 0 saturated carbocycles. The van der Waals surface area contributed by atoms with Gasteiger partial charge in [0.25, 0.3) is 0 Å². The fourth-order valence-electron chi connectivity index (χ4n) is 0.926. The minimum absolute atomic E-state index is 0.0230. The molecular formula is C9H7ClF2NO2Ti. The Morgan fingerprint density at radius 1 is 1.50 bits per heavy atom. The van der Waals surface area contributed by atoms with Crippen molar-refractivity contribution in [1.29, 1.82) is 0 Å². The predicted octanol–water partition coefficient (Wildman–Crippen LogP) is 1.92. The second kappa shape index (κ2) is 6.18. The molecule has 0 radical (unpaired) electrons. The van der Waals surface area contributed by atoms with Crippen LogP contribution < -0.4 is 9.18 Å². The molecule has 0 aliphatic rings. The van der Waals surface area contributed by atoms with E-state index in [1.54, 1.807) is 0 Å². The van der Waals surface area contributed by atoms with Gasteiger partial charge in [-0.3, -0.25) is 0 Å². The molecule has 85 valence electrons. The molecule has 0 aliphatic heterocycles. The number of hydrogen-bond donors (Lipinski definition) is 1. The average Bonchev–Trinajstić information content (AvgIpc) is 2.27. The zero-order valence-corrected chi connectivity index (χ0v) is 10.3. The van der Waals surface area contributed by atoms with Gasteiger partial charge in [-0.2, -0.15) is 0 Å². The normalized spacial score (nSPS) is 9.88. The Hall–Kier alpha value is -0.646. The minimum atomic E-state index is -0.828. The van der Waals surface area contributed by atoms with Gasteiger partial charge in [0.2, 0.25) is 0 Å². The van der Waals surface area contributed by atoms with Gasteiger partial charge in [0, 0.05) is 0 Å². The van der Waals surface area contributed by atoms with Crippen LogP contribution in [0, 0.1) is 11.6 Å². The number of nitrogens with one attached hydrogen (secondary N) is 1. The molecule has 7 heteroatoms. The molecule has 0 fully saturated rings. The van der Waals surface area contributed by atoms with Crippen LogP contribution in [0.5, 0.6) is 0 Å². The summed E-state index contributed by atoms with van der Waals surface area (Å²) < 4.78 is 30.7. The van der Waals surface area contributed by atoms with Crippen molar-refractivity contribution in [1.82, 2.24) is 0 Å². The summed E-state index contributed by atoms with van der Waals surface area (Å²) in [5.41, 5.74) is -0.126. The maximum atomic E-state index is 13.4.